The van der Waals surface area contributed by atoms with Crippen molar-refractivity contribution < 1.29 is 14.3 Å². The molecule has 0 saturated heterocycles. The number of amides is 1. The minimum absolute atomic E-state index is 0.195. The lowest BCUT2D eigenvalue weighted by atomic mass is 9.94. The molecular formula is C23H33N3O3S. The second-order valence-electron chi connectivity index (χ2n) is 8.79. The van der Waals surface area contributed by atoms with Crippen LogP contribution in [-0.4, -0.2) is 22.5 Å². The van der Waals surface area contributed by atoms with Crippen molar-refractivity contribution in [1.29, 1.82) is 0 Å². The number of thiazole rings is 1. The fourth-order valence-electron chi connectivity index (χ4n) is 3.04. The number of rotatable bonds is 8. The Morgan fingerprint density at radius 2 is 1.83 bits per heavy atom. The second kappa shape index (κ2) is 10.1. The van der Waals surface area contributed by atoms with E-state index in [1.807, 2.05) is 50.4 Å². The van der Waals surface area contributed by atoms with E-state index < -0.39 is 17.5 Å². The summed E-state index contributed by atoms with van der Waals surface area (Å²) in [7, 11) is 0. The summed E-state index contributed by atoms with van der Waals surface area (Å²) in [4.78, 5) is 30.5. The monoisotopic (exact) mass is 431 g/mol. The van der Waals surface area contributed by atoms with Crippen molar-refractivity contribution in [3.8, 4) is 0 Å². The number of aromatic nitrogens is 1. The minimum atomic E-state index is -0.885. The number of nitrogens with one attached hydrogen (secondary N) is 1. The molecule has 1 heterocycles. The maximum absolute atomic E-state index is 13.2. The van der Waals surface area contributed by atoms with Crippen molar-refractivity contribution in [3.63, 3.8) is 0 Å². The molecule has 0 bridgehead atoms. The van der Waals surface area contributed by atoms with E-state index in [4.69, 9.17) is 10.5 Å². The number of esters is 1. The van der Waals surface area contributed by atoms with Crippen molar-refractivity contribution in [2.24, 2.45) is 11.8 Å². The summed E-state index contributed by atoms with van der Waals surface area (Å²) in [6, 6.07) is 7.22. The molecular weight excluding hydrogens is 398 g/mol. The predicted octanol–water partition coefficient (Wildman–Crippen LogP) is 4.30. The predicted molar refractivity (Wildman–Crippen MR) is 121 cm³/mol. The smallest absolute Gasteiger partial charge is 0.319 e. The number of ether oxygens (including phenoxy) is 1. The Bertz CT molecular complexity index is 853. The summed E-state index contributed by atoms with van der Waals surface area (Å²) in [6.45, 7) is 11.1. The lowest BCUT2D eigenvalue weighted by Gasteiger charge is -2.27. The fraction of sp³-hybridized carbons (Fsp3) is 0.522. The summed E-state index contributed by atoms with van der Waals surface area (Å²) in [5.74, 6) is -1.93. The van der Waals surface area contributed by atoms with Crippen molar-refractivity contribution in [2.75, 3.05) is 5.73 Å². The highest BCUT2D eigenvalue weighted by Crippen LogP contribution is 2.25. The van der Waals surface area contributed by atoms with Crippen LogP contribution in [0.15, 0.2) is 29.6 Å². The van der Waals surface area contributed by atoms with Gasteiger partial charge in [-0.2, -0.15) is 0 Å². The van der Waals surface area contributed by atoms with Gasteiger partial charge >= 0.3 is 5.97 Å². The molecule has 0 saturated carbocycles. The van der Waals surface area contributed by atoms with Gasteiger partial charge in [0.1, 0.15) is 16.5 Å². The van der Waals surface area contributed by atoms with Gasteiger partial charge in [-0.05, 0) is 57.2 Å². The van der Waals surface area contributed by atoms with E-state index in [1.165, 1.54) is 11.3 Å². The van der Waals surface area contributed by atoms with Crippen molar-refractivity contribution in [2.45, 2.75) is 66.0 Å². The number of anilines is 1. The summed E-state index contributed by atoms with van der Waals surface area (Å²) >= 11 is 1.52. The van der Waals surface area contributed by atoms with Crippen LogP contribution in [-0.2, 0) is 27.2 Å². The van der Waals surface area contributed by atoms with Crippen LogP contribution in [0.3, 0.4) is 0 Å². The van der Waals surface area contributed by atoms with Crippen molar-refractivity contribution in [1.82, 2.24) is 10.3 Å². The molecule has 6 nitrogen and oxygen atoms in total. The molecule has 0 aliphatic rings. The number of nitrogens with zero attached hydrogens (tertiary/aromatic N) is 1. The van der Waals surface area contributed by atoms with Crippen LogP contribution in [0.4, 0.5) is 5.69 Å². The molecule has 0 aliphatic carbocycles. The van der Waals surface area contributed by atoms with Crippen LogP contribution in [0.5, 0.6) is 0 Å². The number of carbonyl (C=O) groups excluding carboxylic acids is 2. The van der Waals surface area contributed by atoms with Gasteiger partial charge in [0.05, 0.1) is 11.7 Å². The van der Waals surface area contributed by atoms with E-state index in [9.17, 15) is 9.59 Å². The molecule has 0 spiro atoms. The number of nitrogen functional groups attached to an aromatic ring is 1. The molecule has 30 heavy (non-hydrogen) atoms. The third-order valence-electron chi connectivity index (χ3n) is 4.58. The van der Waals surface area contributed by atoms with Gasteiger partial charge in [-0.15, -0.1) is 11.3 Å². The van der Waals surface area contributed by atoms with Crippen LogP contribution < -0.4 is 11.1 Å². The maximum atomic E-state index is 13.2. The number of aryl methyl sites for hydroxylation is 1. The van der Waals surface area contributed by atoms with Crippen molar-refractivity contribution in [3.05, 3.63) is 45.9 Å². The minimum Gasteiger partial charge on any atom is -0.459 e. The van der Waals surface area contributed by atoms with Crippen LogP contribution >= 0.6 is 11.3 Å². The highest BCUT2D eigenvalue weighted by atomic mass is 32.1. The molecule has 1 aromatic heterocycles. The zero-order valence-electron chi connectivity index (χ0n) is 18.7. The van der Waals surface area contributed by atoms with Crippen LogP contribution in [0.2, 0.25) is 0 Å². The van der Waals surface area contributed by atoms with Gasteiger partial charge < -0.3 is 15.8 Å². The molecule has 1 amide bonds. The Morgan fingerprint density at radius 3 is 2.33 bits per heavy atom. The SMILES string of the molecule is CCc1csc([C@H](Cc2ccc(N)cc2)NC(=O)[C@@H](C(=O)OC(C)(C)C)C(C)C)n1. The lowest BCUT2D eigenvalue weighted by molar-refractivity contribution is -0.164. The summed E-state index contributed by atoms with van der Waals surface area (Å²) < 4.78 is 5.50. The summed E-state index contributed by atoms with van der Waals surface area (Å²) in [5, 5.41) is 5.89. The van der Waals surface area contributed by atoms with Gasteiger partial charge in [0, 0.05) is 11.1 Å². The maximum Gasteiger partial charge on any atom is 0.319 e. The molecule has 164 valence electrons. The van der Waals surface area contributed by atoms with Crippen LogP contribution in [0, 0.1) is 11.8 Å². The molecule has 0 unspecified atom stereocenters. The first-order valence-electron chi connectivity index (χ1n) is 10.3. The Hall–Kier alpha value is -2.41. The second-order valence-corrected chi connectivity index (χ2v) is 9.68. The fourth-order valence-corrected chi connectivity index (χ4v) is 4.00. The Morgan fingerprint density at radius 1 is 1.20 bits per heavy atom. The van der Waals surface area contributed by atoms with E-state index in [0.29, 0.717) is 12.1 Å². The van der Waals surface area contributed by atoms with E-state index in [0.717, 1.165) is 22.7 Å². The highest BCUT2D eigenvalue weighted by molar-refractivity contribution is 7.09. The largest absolute Gasteiger partial charge is 0.459 e. The van der Waals surface area contributed by atoms with E-state index >= 15 is 0 Å². The van der Waals surface area contributed by atoms with Gasteiger partial charge in [0.25, 0.3) is 0 Å². The van der Waals surface area contributed by atoms with Crippen molar-refractivity contribution >= 4 is 28.9 Å². The topological polar surface area (TPSA) is 94.3 Å². The quantitative estimate of drug-likeness (QED) is 0.369. The molecule has 2 aromatic rings. The first kappa shape index (κ1) is 23.9. The van der Waals surface area contributed by atoms with Gasteiger partial charge in [0.15, 0.2) is 0 Å². The first-order valence-corrected chi connectivity index (χ1v) is 11.2. The van der Waals surface area contributed by atoms with Gasteiger partial charge in [-0.3, -0.25) is 9.59 Å². The number of nitrogens with two attached hydrogens (primary N) is 1. The van der Waals surface area contributed by atoms with E-state index in [1.54, 1.807) is 20.8 Å². The third kappa shape index (κ3) is 6.83. The Labute approximate surface area is 183 Å². The molecule has 1 aromatic carbocycles. The number of hydrogen-bond acceptors (Lipinski definition) is 6. The number of hydrogen-bond donors (Lipinski definition) is 2. The Kier molecular flexibility index (Phi) is 8.01. The summed E-state index contributed by atoms with van der Waals surface area (Å²) in [6.07, 6.45) is 1.38. The van der Waals surface area contributed by atoms with E-state index in [-0.39, 0.29) is 17.9 Å². The highest BCUT2D eigenvalue weighted by Gasteiger charge is 2.35. The zero-order chi connectivity index (χ0) is 22.5. The lowest BCUT2D eigenvalue weighted by Crippen LogP contribution is -2.43. The normalized spacial score (nSPS) is 13.7. The molecule has 2 atom stereocenters. The molecule has 0 aliphatic heterocycles. The molecule has 7 heteroatoms. The van der Waals surface area contributed by atoms with Gasteiger partial charge in [-0.1, -0.05) is 32.9 Å². The summed E-state index contributed by atoms with van der Waals surface area (Å²) in [5.41, 5.74) is 7.84. The number of carbonyl (C=O) groups is 2. The number of benzene rings is 1. The molecule has 2 rings (SSSR count). The molecule has 3 N–H and O–H groups in total. The average molecular weight is 432 g/mol. The average Bonchev–Trinajstić information content (AvgIpc) is 3.10. The van der Waals surface area contributed by atoms with Crippen LogP contribution in [0.25, 0.3) is 0 Å². The third-order valence-corrected chi connectivity index (χ3v) is 5.58. The Balaban J connectivity index is 2.27. The molecule has 0 fully saturated rings. The first-order chi connectivity index (χ1) is 14.0. The van der Waals surface area contributed by atoms with Gasteiger partial charge in [-0.25, -0.2) is 4.98 Å². The zero-order valence-corrected chi connectivity index (χ0v) is 19.5. The van der Waals surface area contributed by atoms with Crippen LogP contribution in [0.1, 0.15) is 63.8 Å². The standard InChI is InChI=1S/C23H33N3O3S/c1-7-17-13-30-21(25-17)18(12-15-8-10-16(24)11-9-15)26-20(27)19(14(2)3)22(28)29-23(4,5)6/h8-11,13-14,18-19H,7,12,24H2,1-6H3,(H,26,27)/t18-,19-/m0/s1. The van der Waals surface area contributed by atoms with E-state index in [2.05, 4.69) is 10.3 Å². The van der Waals surface area contributed by atoms with Gasteiger partial charge in [0.2, 0.25) is 5.91 Å². The molecule has 0 radical (unpaired) electrons.